The first-order valence-corrected chi connectivity index (χ1v) is 15.1. The van der Waals surface area contributed by atoms with Crippen LogP contribution in [0.25, 0.3) is 78.2 Å². The molecule has 0 aliphatic carbocycles. The number of nitrogens with zero attached hydrogens (tertiary/aromatic N) is 4. The molecule has 0 fully saturated rings. The fourth-order valence-electron chi connectivity index (χ4n) is 5.86. The lowest BCUT2D eigenvalue weighted by Gasteiger charge is -2.12. The van der Waals surface area contributed by atoms with Crippen molar-refractivity contribution in [3.63, 3.8) is 0 Å². The molecule has 0 amide bonds. The fourth-order valence-corrected chi connectivity index (χ4v) is 5.86. The molecule has 3 aromatic heterocycles. The summed E-state index contributed by atoms with van der Waals surface area (Å²) in [4.78, 5) is 20.3. The van der Waals surface area contributed by atoms with Crippen molar-refractivity contribution in [2.75, 3.05) is 0 Å². The molecular formula is C41H28N4. The van der Waals surface area contributed by atoms with Crippen LogP contribution >= 0.6 is 0 Å². The van der Waals surface area contributed by atoms with E-state index in [4.69, 9.17) is 19.9 Å². The average Bonchev–Trinajstić information content (AvgIpc) is 3.12. The Bertz CT molecular complexity index is 2260. The Balaban J connectivity index is 1.27. The first-order chi connectivity index (χ1) is 22.2. The molecule has 8 rings (SSSR count). The zero-order valence-corrected chi connectivity index (χ0v) is 24.7. The molecular weight excluding hydrogens is 548 g/mol. The SMILES string of the molecule is Cc1cc(-c2cccc(-c3cc(-c4ccccc4)nc(-c4ccccc4)n3)c2)nc2c1ccc1ccc(-c3ccccc3)nc12. The highest BCUT2D eigenvalue weighted by Crippen LogP contribution is 2.33. The van der Waals surface area contributed by atoms with Crippen molar-refractivity contribution in [3.8, 4) is 56.4 Å². The van der Waals surface area contributed by atoms with E-state index in [0.29, 0.717) is 5.82 Å². The predicted octanol–water partition coefficient (Wildman–Crippen LogP) is 10.2. The van der Waals surface area contributed by atoms with Gasteiger partial charge in [-0.25, -0.2) is 19.9 Å². The van der Waals surface area contributed by atoms with Gasteiger partial charge in [-0.3, -0.25) is 0 Å². The lowest BCUT2D eigenvalue weighted by Crippen LogP contribution is -1.96. The first kappa shape index (κ1) is 26.6. The van der Waals surface area contributed by atoms with Crippen molar-refractivity contribution in [2.24, 2.45) is 0 Å². The van der Waals surface area contributed by atoms with E-state index in [9.17, 15) is 0 Å². The second-order valence-corrected chi connectivity index (χ2v) is 11.2. The lowest BCUT2D eigenvalue weighted by molar-refractivity contribution is 1.18. The molecule has 45 heavy (non-hydrogen) atoms. The third kappa shape index (κ3) is 5.13. The van der Waals surface area contributed by atoms with Crippen LogP contribution in [0.2, 0.25) is 0 Å². The van der Waals surface area contributed by atoms with Crippen LogP contribution in [0.15, 0.2) is 152 Å². The van der Waals surface area contributed by atoms with Crippen LogP contribution in [0.4, 0.5) is 0 Å². The number of aromatic nitrogens is 4. The minimum absolute atomic E-state index is 0.698. The summed E-state index contributed by atoms with van der Waals surface area (Å²) >= 11 is 0. The Morgan fingerprint density at radius 2 is 0.867 bits per heavy atom. The lowest BCUT2D eigenvalue weighted by atomic mass is 10.00. The van der Waals surface area contributed by atoms with E-state index in [0.717, 1.165) is 78.0 Å². The van der Waals surface area contributed by atoms with Crippen LogP contribution in [0, 0.1) is 6.92 Å². The second kappa shape index (κ2) is 11.3. The van der Waals surface area contributed by atoms with Gasteiger partial charge in [-0.2, -0.15) is 0 Å². The van der Waals surface area contributed by atoms with E-state index < -0.39 is 0 Å². The summed E-state index contributed by atoms with van der Waals surface area (Å²) in [6, 6.07) is 51.9. The molecule has 8 aromatic rings. The predicted molar refractivity (Wildman–Crippen MR) is 185 cm³/mol. The molecule has 0 spiro atoms. The number of pyridine rings is 2. The van der Waals surface area contributed by atoms with Crippen molar-refractivity contribution in [3.05, 3.63) is 157 Å². The van der Waals surface area contributed by atoms with Gasteiger partial charge in [0.2, 0.25) is 0 Å². The van der Waals surface area contributed by atoms with E-state index in [-0.39, 0.29) is 0 Å². The van der Waals surface area contributed by atoms with Gasteiger partial charge in [-0.1, -0.05) is 127 Å². The van der Waals surface area contributed by atoms with Crippen LogP contribution < -0.4 is 0 Å². The van der Waals surface area contributed by atoms with Gasteiger partial charge in [0, 0.05) is 38.6 Å². The van der Waals surface area contributed by atoms with Gasteiger partial charge < -0.3 is 0 Å². The Labute approximate surface area is 261 Å². The highest BCUT2D eigenvalue weighted by molar-refractivity contribution is 6.05. The number of rotatable bonds is 5. The molecule has 0 radical (unpaired) electrons. The van der Waals surface area contributed by atoms with Gasteiger partial charge in [-0.15, -0.1) is 0 Å². The Morgan fingerprint density at radius 1 is 0.356 bits per heavy atom. The Kier molecular flexibility index (Phi) is 6.65. The summed E-state index contributed by atoms with van der Waals surface area (Å²) in [6.07, 6.45) is 0. The summed E-state index contributed by atoms with van der Waals surface area (Å²) in [5.41, 5.74) is 11.7. The van der Waals surface area contributed by atoms with Crippen LogP contribution in [-0.4, -0.2) is 19.9 Å². The number of fused-ring (bicyclic) bond motifs is 3. The highest BCUT2D eigenvalue weighted by Gasteiger charge is 2.14. The van der Waals surface area contributed by atoms with Crippen molar-refractivity contribution < 1.29 is 0 Å². The zero-order chi connectivity index (χ0) is 30.2. The van der Waals surface area contributed by atoms with E-state index in [1.165, 1.54) is 0 Å². The Morgan fingerprint density at radius 3 is 1.53 bits per heavy atom. The molecule has 0 atom stereocenters. The van der Waals surface area contributed by atoms with Crippen LogP contribution in [-0.2, 0) is 0 Å². The second-order valence-electron chi connectivity index (χ2n) is 11.2. The van der Waals surface area contributed by atoms with Gasteiger partial charge in [-0.05, 0) is 36.8 Å². The number of aryl methyl sites for hydroxylation is 1. The summed E-state index contributed by atoms with van der Waals surface area (Å²) in [6.45, 7) is 2.15. The van der Waals surface area contributed by atoms with E-state index in [1.54, 1.807) is 0 Å². The highest BCUT2D eigenvalue weighted by atomic mass is 14.9. The van der Waals surface area contributed by atoms with Crippen molar-refractivity contribution in [2.45, 2.75) is 6.92 Å². The molecule has 0 bridgehead atoms. The minimum atomic E-state index is 0.698. The molecule has 4 nitrogen and oxygen atoms in total. The molecule has 0 N–H and O–H groups in total. The van der Waals surface area contributed by atoms with Gasteiger partial charge in [0.15, 0.2) is 5.82 Å². The average molecular weight is 577 g/mol. The number of benzene rings is 5. The molecule has 3 heterocycles. The molecule has 212 valence electrons. The van der Waals surface area contributed by atoms with Crippen molar-refractivity contribution in [1.82, 2.24) is 19.9 Å². The normalized spacial score (nSPS) is 11.2. The molecule has 0 aliphatic rings. The van der Waals surface area contributed by atoms with Gasteiger partial charge in [0.05, 0.1) is 33.8 Å². The number of hydrogen-bond acceptors (Lipinski definition) is 4. The topological polar surface area (TPSA) is 51.6 Å². The maximum absolute atomic E-state index is 5.24. The molecule has 5 aromatic carbocycles. The summed E-state index contributed by atoms with van der Waals surface area (Å²) in [7, 11) is 0. The van der Waals surface area contributed by atoms with Gasteiger partial charge in [0.25, 0.3) is 0 Å². The largest absolute Gasteiger partial charge is 0.245 e. The van der Waals surface area contributed by atoms with Crippen molar-refractivity contribution in [1.29, 1.82) is 0 Å². The first-order valence-electron chi connectivity index (χ1n) is 15.1. The third-order valence-electron chi connectivity index (χ3n) is 8.20. The quantitative estimate of drug-likeness (QED) is 0.191. The van der Waals surface area contributed by atoms with Crippen LogP contribution in [0.3, 0.4) is 0 Å². The van der Waals surface area contributed by atoms with Crippen molar-refractivity contribution >= 4 is 21.8 Å². The minimum Gasteiger partial charge on any atom is -0.245 e. The van der Waals surface area contributed by atoms with E-state index in [2.05, 4.69) is 91.9 Å². The standard InChI is InChI=1S/C41H28N4/c1-27-24-36(43-40-34(27)22-20-30-21-23-35(42-39(30)40)28-12-5-2-6-13-28)32-18-11-19-33(25-32)38-26-37(29-14-7-3-8-15-29)44-41(45-38)31-16-9-4-10-17-31/h2-26H,1H3. The Hall–Kier alpha value is -6.00. The molecule has 0 unspecified atom stereocenters. The monoisotopic (exact) mass is 576 g/mol. The van der Waals surface area contributed by atoms with Crippen LogP contribution in [0.5, 0.6) is 0 Å². The molecule has 4 heteroatoms. The fraction of sp³-hybridized carbons (Fsp3) is 0.0244. The molecule has 0 saturated heterocycles. The van der Waals surface area contributed by atoms with Gasteiger partial charge in [0.1, 0.15) is 0 Å². The summed E-state index contributed by atoms with van der Waals surface area (Å²) < 4.78 is 0. The van der Waals surface area contributed by atoms with E-state index >= 15 is 0 Å². The summed E-state index contributed by atoms with van der Waals surface area (Å²) in [5.74, 6) is 0.698. The molecule has 0 aliphatic heterocycles. The van der Waals surface area contributed by atoms with E-state index in [1.807, 2.05) is 66.7 Å². The van der Waals surface area contributed by atoms with Crippen LogP contribution in [0.1, 0.15) is 5.56 Å². The summed E-state index contributed by atoms with van der Waals surface area (Å²) in [5, 5.41) is 2.18. The smallest absolute Gasteiger partial charge is 0.160 e. The zero-order valence-electron chi connectivity index (χ0n) is 24.7. The third-order valence-corrected chi connectivity index (χ3v) is 8.20. The maximum atomic E-state index is 5.24. The number of hydrogen-bond donors (Lipinski definition) is 0. The maximum Gasteiger partial charge on any atom is 0.160 e. The molecule has 0 saturated carbocycles. The van der Waals surface area contributed by atoms with Gasteiger partial charge >= 0.3 is 0 Å².